The van der Waals surface area contributed by atoms with E-state index in [9.17, 15) is 18.8 Å². The summed E-state index contributed by atoms with van der Waals surface area (Å²) < 4.78 is 25.6. The summed E-state index contributed by atoms with van der Waals surface area (Å²) >= 11 is 0. The van der Waals surface area contributed by atoms with Crippen LogP contribution in [0.5, 0.6) is 0 Å². The van der Waals surface area contributed by atoms with Crippen LogP contribution in [-0.2, 0) is 22.4 Å². The first-order valence-electron chi connectivity index (χ1n) is 15.4. The Kier molecular flexibility index (Phi) is 12.4. The van der Waals surface area contributed by atoms with E-state index in [4.69, 9.17) is 9.47 Å². The van der Waals surface area contributed by atoms with Gasteiger partial charge in [-0.25, -0.2) is 14.0 Å². The highest BCUT2D eigenvalue weighted by Crippen LogP contribution is 2.23. The molecular formula is C34H43FN6O5. The third-order valence-electron chi connectivity index (χ3n) is 7.07. The number of anilines is 2. The van der Waals surface area contributed by atoms with Gasteiger partial charge in [-0.05, 0) is 56.5 Å². The molecule has 4 rings (SSSR count). The number of benzene rings is 2. The van der Waals surface area contributed by atoms with Gasteiger partial charge in [-0.15, -0.1) is 0 Å². The van der Waals surface area contributed by atoms with E-state index in [0.29, 0.717) is 43.1 Å². The van der Waals surface area contributed by atoms with Crippen molar-refractivity contribution in [2.45, 2.75) is 52.1 Å². The second-order valence-electron chi connectivity index (χ2n) is 12.0. The third kappa shape index (κ3) is 11.4. The number of carbonyl (C=O) groups is 3. The van der Waals surface area contributed by atoms with Crippen molar-refractivity contribution < 1.29 is 28.2 Å². The molecule has 3 N–H and O–H groups in total. The number of alkyl halides is 1. The Labute approximate surface area is 269 Å². The largest absolute Gasteiger partial charge is 0.444 e. The smallest absolute Gasteiger partial charge is 0.412 e. The van der Waals surface area contributed by atoms with Gasteiger partial charge in [0.25, 0.3) is 5.91 Å². The van der Waals surface area contributed by atoms with Gasteiger partial charge in [0.05, 0.1) is 24.6 Å². The van der Waals surface area contributed by atoms with Crippen molar-refractivity contribution in [2.75, 3.05) is 50.0 Å². The molecule has 0 aliphatic carbocycles. The molecule has 0 saturated carbocycles. The zero-order chi connectivity index (χ0) is 32.9. The van der Waals surface area contributed by atoms with Crippen molar-refractivity contribution in [1.82, 2.24) is 20.1 Å². The third-order valence-corrected chi connectivity index (χ3v) is 7.07. The number of urea groups is 1. The molecule has 3 aromatic rings. The Morgan fingerprint density at radius 1 is 0.957 bits per heavy atom. The lowest BCUT2D eigenvalue weighted by molar-refractivity contribution is 0.0364. The average molecular weight is 635 g/mol. The van der Waals surface area contributed by atoms with Gasteiger partial charge in [-0.1, -0.05) is 48.5 Å². The molecule has 11 nitrogen and oxygen atoms in total. The van der Waals surface area contributed by atoms with Crippen molar-refractivity contribution in [3.05, 3.63) is 89.7 Å². The van der Waals surface area contributed by atoms with E-state index in [2.05, 4.69) is 25.8 Å². The molecule has 246 valence electrons. The van der Waals surface area contributed by atoms with Gasteiger partial charge in [0.1, 0.15) is 11.3 Å². The summed E-state index contributed by atoms with van der Waals surface area (Å²) in [4.78, 5) is 46.7. The van der Waals surface area contributed by atoms with E-state index in [1.54, 1.807) is 62.1 Å². The maximum absolute atomic E-state index is 14.9. The summed E-state index contributed by atoms with van der Waals surface area (Å²) in [6, 6.07) is 18.7. The van der Waals surface area contributed by atoms with Crippen molar-refractivity contribution >= 4 is 29.4 Å². The summed E-state index contributed by atoms with van der Waals surface area (Å²) in [5.41, 5.74) is 1.69. The van der Waals surface area contributed by atoms with Crippen LogP contribution in [0.15, 0.2) is 72.9 Å². The molecule has 0 bridgehead atoms. The number of halogens is 1. The number of hydrogen-bond acceptors (Lipinski definition) is 7. The van der Waals surface area contributed by atoms with Gasteiger partial charge in [0.15, 0.2) is 6.30 Å². The standard InChI is InChI=1S/C34H43FN6O5/c1-34(2,3)46-33(44)38-28-13-8-7-12-27(28)37-31(42)29-15-14-26(23-36-29)24-41(17-9-16-40-18-20-45-21-19-40)32(43)39-30(35)22-25-10-5-4-6-11-25/h4-8,10-15,23,30H,9,16-22,24H2,1-3H3,(H,37,42)(H,38,44)(H,39,43). The van der Waals surface area contributed by atoms with E-state index in [1.165, 1.54) is 6.20 Å². The number of rotatable bonds is 12. The molecule has 46 heavy (non-hydrogen) atoms. The van der Waals surface area contributed by atoms with Crippen LogP contribution in [0.3, 0.4) is 0 Å². The molecule has 1 aliphatic rings. The summed E-state index contributed by atoms with van der Waals surface area (Å²) in [7, 11) is 0. The molecule has 12 heteroatoms. The summed E-state index contributed by atoms with van der Waals surface area (Å²) in [5.74, 6) is -0.480. The second-order valence-corrected chi connectivity index (χ2v) is 12.0. The molecule has 1 fully saturated rings. The number of nitrogens with zero attached hydrogens (tertiary/aromatic N) is 3. The van der Waals surface area contributed by atoms with Gasteiger partial charge in [0.2, 0.25) is 0 Å². The molecule has 1 atom stereocenters. The Hall–Kier alpha value is -4.55. The average Bonchev–Trinajstić information content (AvgIpc) is 3.02. The number of para-hydroxylation sites is 2. The Bertz CT molecular complexity index is 1430. The topological polar surface area (TPSA) is 125 Å². The minimum Gasteiger partial charge on any atom is -0.444 e. The fourth-order valence-corrected chi connectivity index (χ4v) is 4.83. The van der Waals surface area contributed by atoms with Gasteiger partial charge in [0, 0.05) is 45.3 Å². The lowest BCUT2D eigenvalue weighted by Gasteiger charge is -2.29. The quantitative estimate of drug-likeness (QED) is 0.226. The molecule has 1 aliphatic heterocycles. The number of hydrogen-bond donors (Lipinski definition) is 3. The highest BCUT2D eigenvalue weighted by Gasteiger charge is 2.21. The van der Waals surface area contributed by atoms with Crippen molar-refractivity contribution in [3.8, 4) is 0 Å². The molecule has 1 saturated heterocycles. The number of amides is 4. The maximum Gasteiger partial charge on any atom is 0.412 e. The predicted molar refractivity (Wildman–Crippen MR) is 174 cm³/mol. The summed E-state index contributed by atoms with van der Waals surface area (Å²) in [6.07, 6.45) is 0.102. The van der Waals surface area contributed by atoms with Gasteiger partial charge in [-0.3, -0.25) is 20.0 Å². The molecule has 2 heterocycles. The summed E-state index contributed by atoms with van der Waals surface area (Å²) in [6.45, 7) is 9.71. The van der Waals surface area contributed by atoms with Crippen LogP contribution in [0.2, 0.25) is 0 Å². The Morgan fingerprint density at radius 3 is 2.28 bits per heavy atom. The second kappa shape index (κ2) is 16.7. The first kappa shape index (κ1) is 34.3. The van der Waals surface area contributed by atoms with Crippen LogP contribution >= 0.6 is 0 Å². The highest BCUT2D eigenvalue weighted by molar-refractivity contribution is 6.05. The van der Waals surface area contributed by atoms with Crippen LogP contribution in [-0.4, -0.2) is 84.1 Å². The number of nitrogens with one attached hydrogen (secondary N) is 3. The van der Waals surface area contributed by atoms with Gasteiger partial charge < -0.3 is 25.0 Å². The van der Waals surface area contributed by atoms with E-state index in [-0.39, 0.29) is 18.7 Å². The first-order valence-corrected chi connectivity index (χ1v) is 15.4. The lowest BCUT2D eigenvalue weighted by Crippen LogP contribution is -2.45. The number of ether oxygens (including phenoxy) is 2. The minimum atomic E-state index is -1.55. The highest BCUT2D eigenvalue weighted by atomic mass is 19.1. The fraction of sp³-hybridized carbons (Fsp3) is 0.412. The molecule has 0 radical (unpaired) electrons. The van der Waals surface area contributed by atoms with E-state index >= 15 is 0 Å². The predicted octanol–water partition coefficient (Wildman–Crippen LogP) is 5.45. The van der Waals surface area contributed by atoms with Crippen LogP contribution in [0.25, 0.3) is 0 Å². The number of morpholine rings is 1. The summed E-state index contributed by atoms with van der Waals surface area (Å²) in [5, 5.41) is 7.92. The van der Waals surface area contributed by atoms with E-state index in [0.717, 1.165) is 25.2 Å². The van der Waals surface area contributed by atoms with Crippen molar-refractivity contribution in [1.29, 1.82) is 0 Å². The molecule has 2 aromatic carbocycles. The molecule has 0 spiro atoms. The molecular weight excluding hydrogens is 591 g/mol. The monoisotopic (exact) mass is 634 g/mol. The number of carbonyl (C=O) groups excluding carboxylic acids is 3. The van der Waals surface area contributed by atoms with Crippen molar-refractivity contribution in [3.63, 3.8) is 0 Å². The fourth-order valence-electron chi connectivity index (χ4n) is 4.83. The number of aromatic nitrogens is 1. The van der Waals surface area contributed by atoms with Crippen molar-refractivity contribution in [2.24, 2.45) is 0 Å². The van der Waals surface area contributed by atoms with Crippen LogP contribution in [0.4, 0.5) is 25.4 Å². The Morgan fingerprint density at radius 2 is 1.63 bits per heavy atom. The zero-order valence-electron chi connectivity index (χ0n) is 26.6. The zero-order valence-corrected chi connectivity index (χ0v) is 26.6. The normalized spacial score (nSPS) is 14.2. The van der Waals surface area contributed by atoms with Crippen LogP contribution in [0.1, 0.15) is 48.8 Å². The van der Waals surface area contributed by atoms with E-state index < -0.39 is 29.9 Å². The van der Waals surface area contributed by atoms with Gasteiger partial charge in [-0.2, -0.15) is 0 Å². The van der Waals surface area contributed by atoms with Gasteiger partial charge >= 0.3 is 12.1 Å². The van der Waals surface area contributed by atoms with Crippen LogP contribution in [0, 0.1) is 0 Å². The Balaban J connectivity index is 1.38. The van der Waals surface area contributed by atoms with E-state index in [1.807, 2.05) is 30.3 Å². The SMILES string of the molecule is CC(C)(C)OC(=O)Nc1ccccc1NC(=O)c1ccc(CN(CCCN2CCOCC2)C(=O)NC(F)Cc2ccccc2)cn1. The first-order chi connectivity index (χ1) is 22.1. The molecule has 4 amide bonds. The van der Waals surface area contributed by atoms with Crippen LogP contribution < -0.4 is 16.0 Å². The number of pyridine rings is 1. The molecule has 1 aromatic heterocycles. The molecule has 1 unspecified atom stereocenters. The minimum absolute atomic E-state index is 0.0655. The maximum atomic E-state index is 14.9. The lowest BCUT2D eigenvalue weighted by atomic mass is 10.1.